The Hall–Kier alpha value is -3.23. The summed E-state index contributed by atoms with van der Waals surface area (Å²) in [5, 5.41) is 9.61. The molecule has 1 aliphatic rings. The number of Topliss-reactive ketones (excluding diaryl/α,β-unsaturated/α-hetero) is 1. The summed E-state index contributed by atoms with van der Waals surface area (Å²) in [5.41, 5.74) is 4.91. The zero-order valence-corrected chi connectivity index (χ0v) is 20.9. The Morgan fingerprint density at radius 2 is 1.97 bits per heavy atom. The molecular weight excluding hydrogens is 458 g/mol. The van der Waals surface area contributed by atoms with Crippen LogP contribution in [-0.2, 0) is 17.8 Å². The van der Waals surface area contributed by atoms with E-state index in [0.717, 1.165) is 59.9 Å². The van der Waals surface area contributed by atoms with Crippen molar-refractivity contribution >= 4 is 17.5 Å². The molecule has 0 N–H and O–H groups in total. The van der Waals surface area contributed by atoms with Crippen LogP contribution in [0.5, 0.6) is 0 Å². The Morgan fingerprint density at radius 1 is 1.11 bits per heavy atom. The number of ketones is 1. The average Bonchev–Trinajstić information content (AvgIpc) is 3.61. The molecule has 4 heterocycles. The second kappa shape index (κ2) is 10.6. The quantitative estimate of drug-likeness (QED) is 0.245. The fraction of sp³-hybridized carbons (Fsp3) is 0.333. The summed E-state index contributed by atoms with van der Waals surface area (Å²) < 4.78 is 10.1. The summed E-state index contributed by atoms with van der Waals surface area (Å²) in [7, 11) is 0. The second-order valence-electron chi connectivity index (χ2n) is 8.86. The number of hydrogen-bond acceptors (Lipinski definition) is 6. The molecule has 1 aromatic carbocycles. The van der Waals surface area contributed by atoms with Gasteiger partial charge in [0.15, 0.2) is 16.8 Å². The SMILES string of the molecule is Cc1cc(C(=O)CSc2nnc(-c3cccnc3)n2Cc2ccccc2)c(C)n1CC1CCCO1. The maximum absolute atomic E-state index is 13.3. The van der Waals surface area contributed by atoms with Crippen molar-refractivity contribution in [3.05, 3.63) is 83.4 Å². The summed E-state index contributed by atoms with van der Waals surface area (Å²) in [6.07, 6.45) is 5.95. The van der Waals surface area contributed by atoms with Crippen molar-refractivity contribution in [2.45, 2.75) is 51.0 Å². The van der Waals surface area contributed by atoms with Gasteiger partial charge in [0.1, 0.15) is 0 Å². The van der Waals surface area contributed by atoms with E-state index >= 15 is 0 Å². The van der Waals surface area contributed by atoms with Crippen LogP contribution in [-0.4, -0.2) is 48.6 Å². The smallest absolute Gasteiger partial charge is 0.192 e. The van der Waals surface area contributed by atoms with E-state index in [2.05, 4.69) is 43.4 Å². The van der Waals surface area contributed by atoms with Crippen molar-refractivity contribution in [1.29, 1.82) is 0 Å². The van der Waals surface area contributed by atoms with Gasteiger partial charge in [-0.15, -0.1) is 10.2 Å². The lowest BCUT2D eigenvalue weighted by atomic mass is 10.2. The number of hydrogen-bond donors (Lipinski definition) is 0. The fourth-order valence-electron chi connectivity index (χ4n) is 4.58. The largest absolute Gasteiger partial charge is 0.376 e. The first-order valence-corrected chi connectivity index (χ1v) is 12.9. The molecule has 0 aliphatic carbocycles. The molecule has 4 aromatic rings. The summed E-state index contributed by atoms with van der Waals surface area (Å²) in [6.45, 7) is 6.33. The molecule has 8 heteroatoms. The van der Waals surface area contributed by atoms with Crippen LogP contribution >= 0.6 is 11.8 Å². The molecule has 5 rings (SSSR count). The van der Waals surface area contributed by atoms with E-state index in [1.165, 1.54) is 11.8 Å². The fourth-order valence-corrected chi connectivity index (χ4v) is 5.40. The van der Waals surface area contributed by atoms with Gasteiger partial charge in [-0.1, -0.05) is 42.1 Å². The van der Waals surface area contributed by atoms with Crippen LogP contribution in [0.4, 0.5) is 0 Å². The molecule has 0 bridgehead atoms. The molecule has 7 nitrogen and oxygen atoms in total. The van der Waals surface area contributed by atoms with Gasteiger partial charge in [-0.25, -0.2) is 0 Å². The highest BCUT2D eigenvalue weighted by molar-refractivity contribution is 7.99. The van der Waals surface area contributed by atoms with E-state index in [0.29, 0.717) is 17.5 Å². The highest BCUT2D eigenvalue weighted by atomic mass is 32.2. The van der Waals surface area contributed by atoms with Gasteiger partial charge in [-0.2, -0.15) is 0 Å². The molecule has 3 aromatic heterocycles. The molecule has 0 spiro atoms. The van der Waals surface area contributed by atoms with E-state index in [1.807, 2.05) is 43.3 Å². The van der Waals surface area contributed by atoms with Crippen LogP contribution in [0.1, 0.15) is 40.2 Å². The van der Waals surface area contributed by atoms with E-state index in [9.17, 15) is 4.79 Å². The van der Waals surface area contributed by atoms with Gasteiger partial charge >= 0.3 is 0 Å². The summed E-state index contributed by atoms with van der Waals surface area (Å²) in [6, 6.07) is 16.1. The normalized spacial score (nSPS) is 15.5. The molecule has 35 heavy (non-hydrogen) atoms. The number of rotatable bonds is 9. The number of ether oxygens (including phenoxy) is 1. The van der Waals surface area contributed by atoms with Crippen LogP contribution < -0.4 is 0 Å². The minimum Gasteiger partial charge on any atom is -0.376 e. The average molecular weight is 488 g/mol. The molecule has 0 amide bonds. The van der Waals surface area contributed by atoms with Crippen molar-refractivity contribution in [1.82, 2.24) is 24.3 Å². The molecular formula is C27H29N5O2S. The number of nitrogens with zero attached hydrogens (tertiary/aromatic N) is 5. The van der Waals surface area contributed by atoms with Crippen LogP contribution in [0.3, 0.4) is 0 Å². The maximum Gasteiger partial charge on any atom is 0.192 e. The van der Waals surface area contributed by atoms with Gasteiger partial charge in [-0.05, 0) is 50.5 Å². The van der Waals surface area contributed by atoms with Crippen molar-refractivity contribution in [2.75, 3.05) is 12.4 Å². The highest BCUT2D eigenvalue weighted by Gasteiger charge is 2.22. The van der Waals surface area contributed by atoms with Crippen LogP contribution in [0.25, 0.3) is 11.4 Å². The van der Waals surface area contributed by atoms with Gasteiger partial charge in [0, 0.05) is 48.1 Å². The topological polar surface area (TPSA) is 74.8 Å². The third-order valence-corrected chi connectivity index (χ3v) is 7.40. The third-order valence-electron chi connectivity index (χ3n) is 6.44. The lowest BCUT2D eigenvalue weighted by Gasteiger charge is -2.14. The molecule has 1 fully saturated rings. The zero-order valence-electron chi connectivity index (χ0n) is 20.1. The standard InChI is InChI=1S/C27H29N5O2S/c1-19-14-24(20(2)31(19)17-23-11-7-13-34-23)25(33)18-35-27-30-29-26(22-10-6-12-28-15-22)32(27)16-21-8-4-3-5-9-21/h3-6,8-10,12,14-15,23H,7,11,13,16-18H2,1-2H3. The molecule has 180 valence electrons. The lowest BCUT2D eigenvalue weighted by Crippen LogP contribution is -2.17. The molecule has 1 atom stereocenters. The lowest BCUT2D eigenvalue weighted by molar-refractivity contribution is 0.0957. The molecule has 1 unspecified atom stereocenters. The first-order chi connectivity index (χ1) is 17.1. The Morgan fingerprint density at radius 3 is 2.71 bits per heavy atom. The molecule has 1 saturated heterocycles. The number of pyridine rings is 1. The van der Waals surface area contributed by atoms with E-state index in [4.69, 9.17) is 4.74 Å². The van der Waals surface area contributed by atoms with Gasteiger partial charge in [-0.3, -0.25) is 14.3 Å². The van der Waals surface area contributed by atoms with Crippen molar-refractivity contribution < 1.29 is 9.53 Å². The van der Waals surface area contributed by atoms with E-state index in [1.54, 1.807) is 12.4 Å². The Balaban J connectivity index is 1.36. The minimum atomic E-state index is 0.0962. The Labute approximate surface area is 209 Å². The number of carbonyl (C=O) groups excluding carboxylic acids is 1. The number of aryl methyl sites for hydroxylation is 1. The van der Waals surface area contributed by atoms with Crippen molar-refractivity contribution in [2.24, 2.45) is 0 Å². The maximum atomic E-state index is 13.3. The minimum absolute atomic E-state index is 0.0962. The van der Waals surface area contributed by atoms with Crippen molar-refractivity contribution in [3.8, 4) is 11.4 Å². The molecule has 0 saturated carbocycles. The Kier molecular flexibility index (Phi) is 7.11. The summed E-state index contributed by atoms with van der Waals surface area (Å²) in [4.78, 5) is 17.5. The first-order valence-electron chi connectivity index (χ1n) is 11.9. The summed E-state index contributed by atoms with van der Waals surface area (Å²) >= 11 is 1.43. The number of carbonyl (C=O) groups is 1. The molecule has 1 aliphatic heterocycles. The van der Waals surface area contributed by atoms with Crippen LogP contribution in [0, 0.1) is 13.8 Å². The predicted molar refractivity (Wildman–Crippen MR) is 137 cm³/mol. The van der Waals surface area contributed by atoms with Gasteiger partial charge < -0.3 is 9.30 Å². The number of benzene rings is 1. The third kappa shape index (κ3) is 5.23. The van der Waals surface area contributed by atoms with Gasteiger partial charge in [0.05, 0.1) is 18.4 Å². The van der Waals surface area contributed by atoms with Gasteiger partial charge in [0.25, 0.3) is 0 Å². The number of thioether (sulfide) groups is 1. The highest BCUT2D eigenvalue weighted by Crippen LogP contribution is 2.27. The van der Waals surface area contributed by atoms with E-state index < -0.39 is 0 Å². The van der Waals surface area contributed by atoms with Crippen LogP contribution in [0.2, 0.25) is 0 Å². The van der Waals surface area contributed by atoms with E-state index in [-0.39, 0.29) is 11.9 Å². The Bertz CT molecular complexity index is 1290. The molecule has 0 radical (unpaired) electrons. The monoisotopic (exact) mass is 487 g/mol. The van der Waals surface area contributed by atoms with Crippen molar-refractivity contribution in [3.63, 3.8) is 0 Å². The first kappa shape index (κ1) is 23.5. The predicted octanol–water partition coefficient (Wildman–Crippen LogP) is 4.96. The zero-order chi connectivity index (χ0) is 24.2. The van der Waals surface area contributed by atoms with Crippen LogP contribution in [0.15, 0.2) is 66.1 Å². The second-order valence-corrected chi connectivity index (χ2v) is 9.80. The number of aromatic nitrogens is 5. The summed E-state index contributed by atoms with van der Waals surface area (Å²) in [5.74, 6) is 1.13. The van der Waals surface area contributed by atoms with Gasteiger partial charge in [0.2, 0.25) is 0 Å².